The number of benzene rings is 1. The number of nitrogens with one attached hydrogen (secondary N) is 2. The number of aliphatic imine (C=N–C) groups is 1. The molecule has 2 N–H and O–H groups in total. The molecule has 6 nitrogen and oxygen atoms in total. The highest BCUT2D eigenvalue weighted by atomic mass is 127. The Bertz CT molecular complexity index is 716. The van der Waals surface area contributed by atoms with Crippen LogP contribution in [-0.2, 0) is 13.5 Å². The highest BCUT2D eigenvalue weighted by Gasteiger charge is 2.15. The van der Waals surface area contributed by atoms with Crippen molar-refractivity contribution in [2.75, 3.05) is 33.7 Å². The first kappa shape index (κ1) is 23.4. The fraction of sp³-hybridized carbons (Fsp3) is 0.474. The number of guanidine groups is 1. The van der Waals surface area contributed by atoms with Gasteiger partial charge in [0.15, 0.2) is 5.96 Å². The molecule has 0 aliphatic rings. The standard InChI is InChI=1S/C19H29FN6.HI/c1-5-21-19(22-11-10-15-8-6-7-9-17(15)20)23-13-18(25(2)3)16-12-24-26(4)14-16;/h6-9,12,14,18H,5,10-11,13H2,1-4H3,(H2,21,22,23);1H. The molecule has 150 valence electrons. The van der Waals surface area contributed by atoms with Gasteiger partial charge in [0, 0.05) is 31.9 Å². The van der Waals surface area contributed by atoms with E-state index >= 15 is 0 Å². The van der Waals surface area contributed by atoms with Crippen molar-refractivity contribution >= 4 is 29.9 Å². The monoisotopic (exact) mass is 488 g/mol. The van der Waals surface area contributed by atoms with Crippen molar-refractivity contribution in [3.8, 4) is 0 Å². The van der Waals surface area contributed by atoms with E-state index < -0.39 is 0 Å². The van der Waals surface area contributed by atoms with Crippen LogP contribution in [-0.4, -0.2) is 54.4 Å². The largest absolute Gasteiger partial charge is 0.357 e. The van der Waals surface area contributed by atoms with Crippen molar-refractivity contribution in [3.63, 3.8) is 0 Å². The first-order valence-corrected chi connectivity index (χ1v) is 8.91. The van der Waals surface area contributed by atoms with Gasteiger partial charge in [0.25, 0.3) is 0 Å². The van der Waals surface area contributed by atoms with Crippen LogP contribution < -0.4 is 10.6 Å². The van der Waals surface area contributed by atoms with Crippen LogP contribution in [0.2, 0.25) is 0 Å². The van der Waals surface area contributed by atoms with E-state index in [0.717, 1.165) is 18.1 Å². The molecule has 1 unspecified atom stereocenters. The van der Waals surface area contributed by atoms with Gasteiger partial charge in [-0.15, -0.1) is 24.0 Å². The summed E-state index contributed by atoms with van der Waals surface area (Å²) >= 11 is 0. The molecule has 0 saturated carbocycles. The van der Waals surface area contributed by atoms with Gasteiger partial charge in [0.05, 0.1) is 18.8 Å². The molecule has 1 atom stereocenters. The minimum Gasteiger partial charge on any atom is -0.357 e. The zero-order chi connectivity index (χ0) is 18.9. The predicted molar refractivity (Wildman–Crippen MR) is 119 cm³/mol. The van der Waals surface area contributed by atoms with Gasteiger partial charge in [-0.2, -0.15) is 5.10 Å². The summed E-state index contributed by atoms with van der Waals surface area (Å²) in [6.45, 7) is 4.02. The van der Waals surface area contributed by atoms with Crippen molar-refractivity contribution in [1.29, 1.82) is 0 Å². The lowest BCUT2D eigenvalue weighted by Gasteiger charge is -2.22. The number of aromatic nitrogens is 2. The van der Waals surface area contributed by atoms with E-state index in [2.05, 4.69) is 20.6 Å². The van der Waals surface area contributed by atoms with Gasteiger partial charge in [0.1, 0.15) is 5.82 Å². The van der Waals surface area contributed by atoms with Gasteiger partial charge in [-0.05, 0) is 39.1 Å². The molecule has 2 rings (SSSR count). The molecular weight excluding hydrogens is 458 g/mol. The first-order chi connectivity index (χ1) is 12.5. The lowest BCUT2D eigenvalue weighted by Crippen LogP contribution is -2.39. The fourth-order valence-corrected chi connectivity index (χ4v) is 2.72. The molecule has 0 bridgehead atoms. The third-order valence-electron chi connectivity index (χ3n) is 4.14. The minimum atomic E-state index is -0.166. The average molecular weight is 488 g/mol. The number of hydrogen-bond acceptors (Lipinski definition) is 3. The summed E-state index contributed by atoms with van der Waals surface area (Å²) in [5.41, 5.74) is 1.83. The van der Waals surface area contributed by atoms with Gasteiger partial charge in [-0.3, -0.25) is 9.67 Å². The zero-order valence-corrected chi connectivity index (χ0v) is 18.8. The molecule has 0 fully saturated rings. The molecule has 0 radical (unpaired) electrons. The van der Waals surface area contributed by atoms with Gasteiger partial charge >= 0.3 is 0 Å². The van der Waals surface area contributed by atoms with E-state index in [4.69, 9.17) is 4.99 Å². The molecule has 2 aromatic rings. The van der Waals surface area contributed by atoms with Crippen molar-refractivity contribution in [2.45, 2.75) is 19.4 Å². The van der Waals surface area contributed by atoms with E-state index in [-0.39, 0.29) is 35.8 Å². The second-order valence-electron chi connectivity index (χ2n) is 6.41. The Morgan fingerprint density at radius 1 is 1.30 bits per heavy atom. The molecule has 0 aliphatic heterocycles. The van der Waals surface area contributed by atoms with Gasteiger partial charge in [-0.1, -0.05) is 18.2 Å². The first-order valence-electron chi connectivity index (χ1n) is 8.91. The lowest BCUT2D eigenvalue weighted by molar-refractivity contribution is 0.306. The molecule has 0 spiro atoms. The Morgan fingerprint density at radius 3 is 2.63 bits per heavy atom. The Kier molecular flexibility index (Phi) is 10.3. The van der Waals surface area contributed by atoms with Gasteiger partial charge in [-0.25, -0.2) is 4.39 Å². The number of halogens is 2. The van der Waals surface area contributed by atoms with E-state index in [1.807, 2.05) is 52.6 Å². The Balaban J connectivity index is 0.00000364. The normalized spacial score (nSPS) is 12.6. The summed E-state index contributed by atoms with van der Waals surface area (Å²) in [7, 11) is 5.98. The molecule has 0 amide bonds. The summed E-state index contributed by atoms with van der Waals surface area (Å²) < 4.78 is 15.5. The maximum Gasteiger partial charge on any atom is 0.191 e. The third-order valence-corrected chi connectivity index (χ3v) is 4.14. The molecule has 8 heteroatoms. The number of hydrogen-bond donors (Lipinski definition) is 2. The SMILES string of the molecule is CCNC(=NCC(c1cnn(C)c1)N(C)C)NCCc1ccccc1F.I. The number of aryl methyl sites for hydroxylation is 1. The van der Waals surface area contributed by atoms with Crippen LogP contribution in [0, 0.1) is 5.82 Å². The smallest absolute Gasteiger partial charge is 0.191 e. The zero-order valence-electron chi connectivity index (χ0n) is 16.4. The van der Waals surface area contributed by atoms with Crippen LogP contribution in [0.5, 0.6) is 0 Å². The number of rotatable bonds is 8. The van der Waals surface area contributed by atoms with Crippen LogP contribution in [0.25, 0.3) is 0 Å². The predicted octanol–water partition coefficient (Wildman–Crippen LogP) is 2.58. The van der Waals surface area contributed by atoms with Crippen molar-refractivity contribution in [3.05, 3.63) is 53.6 Å². The maximum absolute atomic E-state index is 13.7. The summed E-state index contributed by atoms with van der Waals surface area (Å²) in [5, 5.41) is 10.8. The molecule has 1 heterocycles. The third kappa shape index (κ3) is 7.45. The van der Waals surface area contributed by atoms with E-state index in [9.17, 15) is 4.39 Å². The van der Waals surface area contributed by atoms with Gasteiger partial charge in [0.2, 0.25) is 0 Å². The molecular formula is C19H30FIN6. The van der Waals surface area contributed by atoms with Crippen LogP contribution in [0.3, 0.4) is 0 Å². The molecule has 1 aromatic carbocycles. The Labute approximate surface area is 178 Å². The average Bonchev–Trinajstić information content (AvgIpc) is 3.02. The second kappa shape index (κ2) is 11.9. The van der Waals surface area contributed by atoms with Crippen LogP contribution in [0.1, 0.15) is 24.1 Å². The van der Waals surface area contributed by atoms with Crippen LogP contribution >= 0.6 is 24.0 Å². The number of nitrogens with zero attached hydrogens (tertiary/aromatic N) is 4. The van der Waals surface area contributed by atoms with Crippen molar-refractivity contribution in [1.82, 2.24) is 25.3 Å². The van der Waals surface area contributed by atoms with Gasteiger partial charge < -0.3 is 15.5 Å². The van der Waals surface area contributed by atoms with Crippen LogP contribution in [0.15, 0.2) is 41.7 Å². The molecule has 1 aromatic heterocycles. The minimum absolute atomic E-state index is 0. The Morgan fingerprint density at radius 2 is 2.04 bits per heavy atom. The van der Waals surface area contributed by atoms with Crippen molar-refractivity contribution in [2.24, 2.45) is 12.0 Å². The van der Waals surface area contributed by atoms with E-state index in [0.29, 0.717) is 25.1 Å². The Hall–Kier alpha value is -1.68. The van der Waals surface area contributed by atoms with Crippen molar-refractivity contribution < 1.29 is 4.39 Å². The highest BCUT2D eigenvalue weighted by molar-refractivity contribution is 14.0. The van der Waals surface area contributed by atoms with E-state index in [1.54, 1.807) is 10.7 Å². The fourth-order valence-electron chi connectivity index (χ4n) is 2.72. The summed E-state index contributed by atoms with van der Waals surface area (Å²) in [6.07, 6.45) is 4.49. The molecule has 0 aliphatic carbocycles. The molecule has 0 saturated heterocycles. The maximum atomic E-state index is 13.7. The highest BCUT2D eigenvalue weighted by Crippen LogP contribution is 2.17. The molecule has 27 heavy (non-hydrogen) atoms. The summed E-state index contributed by atoms with van der Waals surface area (Å²) in [5.74, 6) is 0.570. The topological polar surface area (TPSA) is 57.5 Å². The number of likely N-dealkylation sites (N-methyl/N-ethyl adjacent to an activating group) is 1. The van der Waals surface area contributed by atoms with Crippen LogP contribution in [0.4, 0.5) is 4.39 Å². The van der Waals surface area contributed by atoms with E-state index in [1.165, 1.54) is 6.07 Å². The lowest BCUT2D eigenvalue weighted by atomic mass is 10.1. The quantitative estimate of drug-likeness (QED) is 0.341. The second-order valence-corrected chi connectivity index (χ2v) is 6.41. The summed E-state index contributed by atoms with van der Waals surface area (Å²) in [6, 6.07) is 7.01. The summed E-state index contributed by atoms with van der Waals surface area (Å²) in [4.78, 5) is 6.82.